The molecule has 0 saturated heterocycles. The summed E-state index contributed by atoms with van der Waals surface area (Å²) < 4.78 is 10.1. The number of rotatable bonds is 16. The molecule has 226 valence electrons. The van der Waals surface area contributed by atoms with E-state index >= 15 is 0 Å². The lowest BCUT2D eigenvalue weighted by molar-refractivity contribution is -0.145. The first-order chi connectivity index (χ1) is 18.8. The Labute approximate surface area is 239 Å². The van der Waals surface area contributed by atoms with Crippen LogP contribution in [-0.4, -0.2) is 65.7 Å². The highest BCUT2D eigenvalue weighted by Gasteiger charge is 2.37. The molecule has 10 heteroatoms. The number of hydrogen-bond acceptors (Lipinski definition) is 7. The third-order valence-electron chi connectivity index (χ3n) is 6.16. The fraction of sp³-hybridized carbons (Fsp3) is 0.667. The van der Waals surface area contributed by atoms with Gasteiger partial charge in [-0.05, 0) is 45.6 Å². The van der Waals surface area contributed by atoms with Gasteiger partial charge in [-0.1, -0.05) is 71.1 Å². The first-order valence-electron chi connectivity index (χ1n) is 14.2. The van der Waals surface area contributed by atoms with Gasteiger partial charge in [0.2, 0.25) is 11.8 Å². The standard InChI is InChI=1S/C30H49N3O7/c1-8-9-10-11-12-15-18-33(28(37)23(19-21(2)3)32-29(38)40-30(4,5)6)26(22-16-13-14-17-24(22)34)27(36)31-20-25(35)39-7/h13-14,16-17,21,23,26,34H,8-12,15,18-20H2,1-7H3,(H,31,36)(H,32,38). The number of benzene rings is 1. The third-order valence-corrected chi connectivity index (χ3v) is 6.16. The fourth-order valence-electron chi connectivity index (χ4n) is 4.27. The van der Waals surface area contributed by atoms with Crippen molar-refractivity contribution in [1.82, 2.24) is 15.5 Å². The normalized spacial score (nSPS) is 12.8. The molecule has 0 bridgehead atoms. The molecule has 3 N–H and O–H groups in total. The SMILES string of the molecule is CCCCCCCCN(C(=O)C(CC(C)C)NC(=O)OC(C)(C)C)C(C(=O)NCC(=O)OC)c1ccccc1O. The second-order valence-corrected chi connectivity index (χ2v) is 11.4. The molecule has 0 aliphatic carbocycles. The van der Waals surface area contributed by atoms with Gasteiger partial charge in [0.05, 0.1) is 7.11 Å². The lowest BCUT2D eigenvalue weighted by Gasteiger charge is -2.35. The molecule has 3 amide bonds. The molecule has 1 aromatic carbocycles. The number of alkyl carbamates (subject to hydrolysis) is 1. The van der Waals surface area contributed by atoms with Gasteiger partial charge in [0.15, 0.2) is 0 Å². The van der Waals surface area contributed by atoms with Gasteiger partial charge in [-0.3, -0.25) is 14.4 Å². The van der Waals surface area contributed by atoms with Crippen LogP contribution in [0.3, 0.4) is 0 Å². The maximum absolute atomic E-state index is 14.2. The number of methoxy groups -OCH3 is 1. The van der Waals surface area contributed by atoms with Gasteiger partial charge in [-0.2, -0.15) is 0 Å². The van der Waals surface area contributed by atoms with Crippen LogP contribution in [0.1, 0.15) is 98.1 Å². The topological polar surface area (TPSA) is 134 Å². The Hall–Kier alpha value is -3.30. The Kier molecular flexibility index (Phi) is 15.1. The number of ether oxygens (including phenoxy) is 2. The van der Waals surface area contributed by atoms with Crippen molar-refractivity contribution in [2.45, 2.75) is 104 Å². The molecule has 0 spiro atoms. The summed E-state index contributed by atoms with van der Waals surface area (Å²) in [5.41, 5.74) is -0.551. The number of nitrogens with zero attached hydrogens (tertiary/aromatic N) is 1. The van der Waals surface area contributed by atoms with Crippen molar-refractivity contribution in [3.63, 3.8) is 0 Å². The molecule has 40 heavy (non-hydrogen) atoms. The molecule has 0 saturated carbocycles. The smallest absolute Gasteiger partial charge is 0.408 e. The van der Waals surface area contributed by atoms with E-state index in [9.17, 15) is 24.3 Å². The van der Waals surface area contributed by atoms with Crippen molar-refractivity contribution in [2.75, 3.05) is 20.2 Å². The predicted molar refractivity (Wildman–Crippen MR) is 154 cm³/mol. The van der Waals surface area contributed by atoms with E-state index in [1.807, 2.05) is 13.8 Å². The van der Waals surface area contributed by atoms with E-state index in [1.54, 1.807) is 39.0 Å². The second-order valence-electron chi connectivity index (χ2n) is 11.4. The molecule has 0 heterocycles. The minimum atomic E-state index is -1.25. The van der Waals surface area contributed by atoms with Gasteiger partial charge >= 0.3 is 12.1 Å². The molecule has 1 aromatic rings. The summed E-state index contributed by atoms with van der Waals surface area (Å²) in [4.78, 5) is 53.6. The molecule has 0 fully saturated rings. The number of amides is 3. The minimum Gasteiger partial charge on any atom is -0.508 e. The molecular formula is C30H49N3O7. The Morgan fingerprint density at radius 3 is 2.20 bits per heavy atom. The van der Waals surface area contributed by atoms with E-state index in [4.69, 9.17) is 4.74 Å². The molecule has 0 aromatic heterocycles. The third kappa shape index (κ3) is 12.7. The quantitative estimate of drug-likeness (QED) is 0.193. The van der Waals surface area contributed by atoms with Gasteiger partial charge < -0.3 is 30.1 Å². The number of para-hydroxylation sites is 1. The highest BCUT2D eigenvalue weighted by Crippen LogP contribution is 2.30. The van der Waals surface area contributed by atoms with Gasteiger partial charge in [0.25, 0.3) is 0 Å². The number of unbranched alkanes of at least 4 members (excludes halogenated alkanes) is 5. The number of hydrogen-bond donors (Lipinski definition) is 3. The van der Waals surface area contributed by atoms with E-state index in [0.29, 0.717) is 12.8 Å². The molecular weight excluding hydrogens is 514 g/mol. The van der Waals surface area contributed by atoms with Gasteiger partial charge in [0, 0.05) is 12.1 Å². The average Bonchev–Trinajstić information content (AvgIpc) is 2.87. The molecule has 2 atom stereocenters. The number of aromatic hydroxyl groups is 1. The molecule has 2 unspecified atom stereocenters. The van der Waals surface area contributed by atoms with E-state index in [-0.39, 0.29) is 23.8 Å². The number of carbonyl (C=O) groups excluding carboxylic acids is 4. The Bertz CT molecular complexity index is 959. The van der Waals surface area contributed by atoms with Crippen LogP contribution in [0.15, 0.2) is 24.3 Å². The molecule has 1 rings (SSSR count). The first kappa shape index (κ1) is 34.7. The zero-order valence-corrected chi connectivity index (χ0v) is 25.2. The summed E-state index contributed by atoms with van der Waals surface area (Å²) in [5.74, 6) is -1.90. The van der Waals surface area contributed by atoms with Crippen molar-refractivity contribution >= 4 is 23.9 Å². The maximum atomic E-state index is 14.2. The number of esters is 1. The molecule has 10 nitrogen and oxygen atoms in total. The summed E-state index contributed by atoms with van der Waals surface area (Å²) >= 11 is 0. The van der Waals surface area contributed by atoms with Crippen molar-refractivity contribution in [3.05, 3.63) is 29.8 Å². The van der Waals surface area contributed by atoms with E-state index < -0.39 is 48.1 Å². The number of nitrogens with one attached hydrogen (secondary N) is 2. The van der Waals surface area contributed by atoms with Crippen LogP contribution in [0, 0.1) is 5.92 Å². The number of phenolic OH excluding ortho intramolecular Hbond substituents is 1. The minimum absolute atomic E-state index is 0.0384. The van der Waals surface area contributed by atoms with Crippen molar-refractivity contribution in [3.8, 4) is 5.75 Å². The van der Waals surface area contributed by atoms with Crippen LogP contribution in [0.5, 0.6) is 5.75 Å². The largest absolute Gasteiger partial charge is 0.508 e. The van der Waals surface area contributed by atoms with E-state index in [2.05, 4.69) is 22.3 Å². The highest BCUT2D eigenvalue weighted by molar-refractivity contribution is 5.93. The zero-order chi connectivity index (χ0) is 30.3. The van der Waals surface area contributed by atoms with Crippen LogP contribution >= 0.6 is 0 Å². The van der Waals surface area contributed by atoms with Crippen molar-refractivity contribution in [1.29, 1.82) is 0 Å². The van der Waals surface area contributed by atoms with Crippen LogP contribution < -0.4 is 10.6 Å². The molecule has 0 radical (unpaired) electrons. The van der Waals surface area contributed by atoms with Gasteiger partial charge in [0.1, 0.15) is 30.0 Å². The molecule has 0 aliphatic heterocycles. The Morgan fingerprint density at radius 2 is 1.62 bits per heavy atom. The van der Waals surface area contributed by atoms with Crippen molar-refractivity contribution in [2.24, 2.45) is 5.92 Å². The highest BCUT2D eigenvalue weighted by atomic mass is 16.6. The second kappa shape index (κ2) is 17.4. The predicted octanol–water partition coefficient (Wildman–Crippen LogP) is 4.85. The van der Waals surface area contributed by atoms with Crippen LogP contribution in [0.4, 0.5) is 4.79 Å². The first-order valence-corrected chi connectivity index (χ1v) is 14.2. The Morgan fingerprint density at radius 1 is 1.00 bits per heavy atom. The lowest BCUT2D eigenvalue weighted by Crippen LogP contribution is -2.54. The van der Waals surface area contributed by atoms with Crippen LogP contribution in [0.2, 0.25) is 0 Å². The zero-order valence-electron chi connectivity index (χ0n) is 25.2. The summed E-state index contributed by atoms with van der Waals surface area (Å²) in [6, 6.07) is 4.06. The van der Waals surface area contributed by atoms with Crippen LogP contribution in [-0.2, 0) is 23.9 Å². The van der Waals surface area contributed by atoms with E-state index in [1.165, 1.54) is 18.1 Å². The summed E-state index contributed by atoms with van der Waals surface area (Å²) in [7, 11) is 1.21. The van der Waals surface area contributed by atoms with Crippen molar-refractivity contribution < 1.29 is 33.8 Å². The fourth-order valence-corrected chi connectivity index (χ4v) is 4.27. The van der Waals surface area contributed by atoms with E-state index in [0.717, 1.165) is 32.1 Å². The monoisotopic (exact) mass is 563 g/mol. The Balaban J connectivity index is 3.46. The lowest BCUT2D eigenvalue weighted by atomic mass is 9.98. The maximum Gasteiger partial charge on any atom is 0.408 e. The van der Waals surface area contributed by atoms with Gasteiger partial charge in [-0.15, -0.1) is 0 Å². The summed E-state index contributed by atoms with van der Waals surface area (Å²) in [6.45, 7) is 11.0. The summed E-state index contributed by atoms with van der Waals surface area (Å²) in [6.07, 6.45) is 5.31. The average molecular weight is 564 g/mol. The summed E-state index contributed by atoms with van der Waals surface area (Å²) in [5, 5.41) is 15.9. The van der Waals surface area contributed by atoms with Gasteiger partial charge in [-0.25, -0.2) is 4.79 Å². The van der Waals surface area contributed by atoms with Crippen LogP contribution in [0.25, 0.3) is 0 Å². The number of phenols is 1. The molecule has 0 aliphatic rings. The number of carbonyl (C=O) groups is 4.